The molecule has 30 heavy (non-hydrogen) atoms. The number of carbonyl (C=O) groups is 2. The first-order valence-electron chi connectivity index (χ1n) is 11.4. The van der Waals surface area contributed by atoms with Gasteiger partial charge in [0, 0.05) is 26.1 Å². The fourth-order valence-electron chi connectivity index (χ4n) is 5.09. The molecule has 1 saturated carbocycles. The maximum absolute atomic E-state index is 13.1. The molecule has 0 spiro atoms. The van der Waals surface area contributed by atoms with Crippen molar-refractivity contribution in [3.63, 3.8) is 0 Å². The first-order chi connectivity index (χ1) is 14.5. The number of hydrogen-bond acceptors (Lipinski definition) is 3. The lowest BCUT2D eigenvalue weighted by atomic mass is 9.72. The number of carbonyl (C=O) groups excluding carboxylic acids is 2. The first-order valence-corrected chi connectivity index (χ1v) is 11.4. The van der Waals surface area contributed by atoms with Crippen LogP contribution in [-0.2, 0) is 20.7 Å². The lowest BCUT2D eigenvalue weighted by Gasteiger charge is -2.31. The van der Waals surface area contributed by atoms with Gasteiger partial charge in [0.1, 0.15) is 17.5 Å². The molecule has 2 fully saturated rings. The Kier molecular flexibility index (Phi) is 6.48. The predicted molar refractivity (Wildman–Crippen MR) is 120 cm³/mol. The molecule has 0 bridgehead atoms. The van der Waals surface area contributed by atoms with Gasteiger partial charge in [0.2, 0.25) is 0 Å². The van der Waals surface area contributed by atoms with Gasteiger partial charge in [0.25, 0.3) is 0 Å². The highest BCUT2D eigenvalue weighted by Crippen LogP contribution is 2.37. The Morgan fingerprint density at radius 1 is 0.867 bits per heavy atom. The van der Waals surface area contributed by atoms with Crippen LogP contribution < -0.4 is 0 Å². The fraction of sp³-hybridized carbons (Fsp3) is 0.481. The summed E-state index contributed by atoms with van der Waals surface area (Å²) in [5.41, 5.74) is 5.43. The number of Topliss-reactive ketones (excluding diaryl/α,β-unsaturated/α-hetero) is 2. The normalized spacial score (nSPS) is 23.0. The quantitative estimate of drug-likeness (QED) is 0.603. The topological polar surface area (TPSA) is 43.4 Å². The first kappa shape index (κ1) is 21.0. The molecule has 1 heterocycles. The molecule has 4 rings (SSSR count). The highest BCUT2D eigenvalue weighted by Gasteiger charge is 2.38. The standard InChI is InChI=1S/C27H32O3/c1-3-19-5-8-22(9-6-19)23-7-4-18(2)24(17-23)27-25(28)15-21(16-26(27)29)14-20-10-12-30-13-11-20/h4-9,17,20-21,27H,3,10-16H2,1-2H3. The van der Waals surface area contributed by atoms with Crippen LogP contribution in [0.25, 0.3) is 11.1 Å². The van der Waals surface area contributed by atoms with Gasteiger partial charge < -0.3 is 4.74 Å². The number of benzene rings is 2. The summed E-state index contributed by atoms with van der Waals surface area (Å²) >= 11 is 0. The molecular formula is C27H32O3. The van der Waals surface area contributed by atoms with Crippen LogP contribution in [-0.4, -0.2) is 24.8 Å². The van der Waals surface area contributed by atoms with Crippen LogP contribution in [0.15, 0.2) is 42.5 Å². The second-order valence-electron chi connectivity index (χ2n) is 9.05. The van der Waals surface area contributed by atoms with E-state index in [0.717, 1.165) is 61.2 Å². The van der Waals surface area contributed by atoms with Crippen molar-refractivity contribution in [2.24, 2.45) is 11.8 Å². The van der Waals surface area contributed by atoms with Crippen LogP contribution >= 0.6 is 0 Å². The van der Waals surface area contributed by atoms with Crippen LogP contribution in [0.4, 0.5) is 0 Å². The summed E-state index contributed by atoms with van der Waals surface area (Å²) in [6, 6.07) is 14.7. The van der Waals surface area contributed by atoms with Gasteiger partial charge in [-0.2, -0.15) is 0 Å². The van der Waals surface area contributed by atoms with Gasteiger partial charge in [-0.15, -0.1) is 0 Å². The van der Waals surface area contributed by atoms with E-state index >= 15 is 0 Å². The molecule has 2 aromatic carbocycles. The summed E-state index contributed by atoms with van der Waals surface area (Å²) in [4.78, 5) is 26.2. The second kappa shape index (κ2) is 9.26. The molecule has 2 aliphatic rings. The van der Waals surface area contributed by atoms with Crippen molar-refractivity contribution in [3.8, 4) is 11.1 Å². The number of rotatable bonds is 5. The molecule has 0 unspecified atom stereocenters. The summed E-state index contributed by atoms with van der Waals surface area (Å²) in [5, 5.41) is 0. The van der Waals surface area contributed by atoms with Crippen LogP contribution in [0, 0.1) is 18.8 Å². The lowest BCUT2D eigenvalue weighted by Crippen LogP contribution is -2.33. The van der Waals surface area contributed by atoms with Gasteiger partial charge in [-0.05, 0) is 78.3 Å². The third-order valence-corrected chi connectivity index (χ3v) is 6.92. The second-order valence-corrected chi connectivity index (χ2v) is 9.05. The van der Waals surface area contributed by atoms with E-state index in [-0.39, 0.29) is 17.5 Å². The van der Waals surface area contributed by atoms with E-state index < -0.39 is 5.92 Å². The molecule has 1 aliphatic carbocycles. The number of ketones is 2. The molecule has 158 valence electrons. The zero-order chi connectivity index (χ0) is 21.1. The molecule has 1 saturated heterocycles. The van der Waals surface area contributed by atoms with Crippen molar-refractivity contribution >= 4 is 11.6 Å². The smallest absolute Gasteiger partial charge is 0.148 e. The summed E-state index contributed by atoms with van der Waals surface area (Å²) in [7, 11) is 0. The van der Waals surface area contributed by atoms with Crippen molar-refractivity contribution in [1.29, 1.82) is 0 Å². The van der Waals surface area contributed by atoms with E-state index in [4.69, 9.17) is 4.74 Å². The molecule has 0 amide bonds. The van der Waals surface area contributed by atoms with Crippen molar-refractivity contribution in [1.82, 2.24) is 0 Å². The largest absolute Gasteiger partial charge is 0.381 e. The van der Waals surface area contributed by atoms with Crippen LogP contribution in [0.5, 0.6) is 0 Å². The monoisotopic (exact) mass is 404 g/mol. The Labute approximate surface area is 179 Å². The minimum absolute atomic E-state index is 0.102. The molecule has 0 atom stereocenters. The van der Waals surface area contributed by atoms with Gasteiger partial charge in [0.15, 0.2) is 0 Å². The number of hydrogen-bond donors (Lipinski definition) is 0. The summed E-state index contributed by atoms with van der Waals surface area (Å²) in [6.07, 6.45) is 5.17. The van der Waals surface area contributed by atoms with Crippen molar-refractivity contribution in [2.45, 2.75) is 58.3 Å². The van der Waals surface area contributed by atoms with Crippen LogP contribution in [0.2, 0.25) is 0 Å². The Morgan fingerprint density at radius 3 is 2.13 bits per heavy atom. The summed E-state index contributed by atoms with van der Waals surface area (Å²) in [6.45, 7) is 5.78. The SMILES string of the molecule is CCc1ccc(-c2ccc(C)c(C3C(=O)CC(CC4CCOCC4)CC3=O)c2)cc1. The van der Waals surface area contributed by atoms with Gasteiger partial charge >= 0.3 is 0 Å². The Balaban J connectivity index is 1.53. The maximum atomic E-state index is 13.1. The maximum Gasteiger partial charge on any atom is 0.148 e. The molecule has 3 nitrogen and oxygen atoms in total. The van der Waals surface area contributed by atoms with Crippen LogP contribution in [0.3, 0.4) is 0 Å². The highest BCUT2D eigenvalue weighted by molar-refractivity contribution is 6.10. The average molecular weight is 405 g/mol. The molecular weight excluding hydrogens is 372 g/mol. The molecule has 3 heteroatoms. The van der Waals surface area contributed by atoms with E-state index in [9.17, 15) is 9.59 Å². The van der Waals surface area contributed by atoms with Crippen molar-refractivity contribution in [2.75, 3.05) is 13.2 Å². The minimum atomic E-state index is -0.592. The van der Waals surface area contributed by atoms with Crippen molar-refractivity contribution in [3.05, 3.63) is 59.2 Å². The molecule has 0 aromatic heterocycles. The third kappa shape index (κ3) is 4.57. The Morgan fingerprint density at radius 2 is 1.50 bits per heavy atom. The van der Waals surface area contributed by atoms with Gasteiger partial charge in [-0.3, -0.25) is 9.59 Å². The van der Waals surface area contributed by atoms with Gasteiger partial charge in [0.05, 0.1) is 0 Å². The van der Waals surface area contributed by atoms with Gasteiger partial charge in [-0.25, -0.2) is 0 Å². The van der Waals surface area contributed by atoms with E-state index in [1.165, 1.54) is 5.56 Å². The predicted octanol–water partition coefficient (Wildman–Crippen LogP) is 5.67. The highest BCUT2D eigenvalue weighted by atomic mass is 16.5. The minimum Gasteiger partial charge on any atom is -0.381 e. The molecule has 0 radical (unpaired) electrons. The van der Waals surface area contributed by atoms with E-state index in [1.54, 1.807) is 0 Å². The Hall–Kier alpha value is -2.26. The molecule has 1 aliphatic heterocycles. The molecule has 0 N–H and O–H groups in total. The van der Waals surface area contributed by atoms with E-state index in [2.05, 4.69) is 43.3 Å². The number of ether oxygens (including phenoxy) is 1. The zero-order valence-electron chi connectivity index (χ0n) is 18.2. The summed E-state index contributed by atoms with van der Waals surface area (Å²) < 4.78 is 5.45. The average Bonchev–Trinajstić information content (AvgIpc) is 2.75. The van der Waals surface area contributed by atoms with Crippen LogP contribution in [0.1, 0.15) is 61.6 Å². The molecule has 2 aromatic rings. The van der Waals surface area contributed by atoms with Crippen molar-refractivity contribution < 1.29 is 14.3 Å². The van der Waals surface area contributed by atoms with E-state index in [0.29, 0.717) is 18.8 Å². The third-order valence-electron chi connectivity index (χ3n) is 6.92. The lowest BCUT2D eigenvalue weighted by molar-refractivity contribution is -0.134. The van der Waals surface area contributed by atoms with Gasteiger partial charge in [-0.1, -0.05) is 43.3 Å². The Bertz CT molecular complexity index is 888. The summed E-state index contributed by atoms with van der Waals surface area (Å²) in [5.74, 6) is 0.409. The van der Waals surface area contributed by atoms with E-state index in [1.807, 2.05) is 13.0 Å². The number of aryl methyl sites for hydroxylation is 2. The fourth-order valence-corrected chi connectivity index (χ4v) is 5.09. The zero-order valence-corrected chi connectivity index (χ0v) is 18.2.